The number of aryl methyl sites for hydroxylation is 1. The van der Waals surface area contributed by atoms with Crippen LogP contribution in [0.4, 0.5) is 0 Å². The van der Waals surface area contributed by atoms with Crippen molar-refractivity contribution in [3.8, 4) is 11.5 Å². The molecule has 118 valence electrons. The van der Waals surface area contributed by atoms with Crippen molar-refractivity contribution in [2.24, 2.45) is 0 Å². The Morgan fingerprint density at radius 2 is 2.00 bits per heavy atom. The van der Waals surface area contributed by atoms with Crippen LogP contribution in [0.2, 0.25) is 0 Å². The molecule has 22 heavy (non-hydrogen) atoms. The topological polar surface area (TPSA) is 73.1 Å². The lowest BCUT2D eigenvalue weighted by Gasteiger charge is -2.07. The Kier molecular flexibility index (Phi) is 4.04. The molecule has 0 bridgehead atoms. The maximum Gasteiger partial charge on any atom is 0.257 e. The summed E-state index contributed by atoms with van der Waals surface area (Å²) in [6.45, 7) is 1.94. The second-order valence-corrected chi connectivity index (χ2v) is 7.87. The number of nitrogens with zero attached hydrogens (tertiary/aromatic N) is 2. The van der Waals surface area contributed by atoms with Crippen molar-refractivity contribution >= 4 is 9.84 Å². The second kappa shape index (κ2) is 5.83. The van der Waals surface area contributed by atoms with E-state index in [0.717, 1.165) is 24.2 Å². The minimum atomic E-state index is -3.27. The molecule has 3 rings (SSSR count). The van der Waals surface area contributed by atoms with E-state index in [1.54, 1.807) is 6.07 Å². The molecular weight excluding hydrogens is 300 g/mol. The summed E-state index contributed by atoms with van der Waals surface area (Å²) in [6.07, 6.45) is 6.50. The van der Waals surface area contributed by atoms with Gasteiger partial charge >= 0.3 is 0 Å². The summed E-state index contributed by atoms with van der Waals surface area (Å²) in [6, 6.07) is 5.31. The highest BCUT2D eigenvalue weighted by Gasteiger charge is 2.23. The molecule has 5 nitrogen and oxygen atoms in total. The van der Waals surface area contributed by atoms with Gasteiger partial charge in [0.25, 0.3) is 5.89 Å². The van der Waals surface area contributed by atoms with E-state index in [2.05, 4.69) is 10.1 Å². The summed E-state index contributed by atoms with van der Waals surface area (Å²) in [5.41, 5.74) is 1.47. The normalized spacial score (nSPS) is 16.3. The highest BCUT2D eigenvalue weighted by Crippen LogP contribution is 2.33. The first-order valence-corrected chi connectivity index (χ1v) is 9.55. The molecule has 0 atom stereocenters. The lowest BCUT2D eigenvalue weighted by molar-refractivity contribution is 0.415. The molecule has 0 N–H and O–H groups in total. The van der Waals surface area contributed by atoms with Crippen LogP contribution in [0.3, 0.4) is 0 Å². The van der Waals surface area contributed by atoms with Crippen LogP contribution in [-0.4, -0.2) is 24.8 Å². The van der Waals surface area contributed by atoms with Crippen LogP contribution in [0.1, 0.15) is 49.9 Å². The fraction of sp³-hybridized carbons (Fsp3) is 0.500. The Balaban J connectivity index is 1.98. The van der Waals surface area contributed by atoms with Crippen LogP contribution in [-0.2, 0) is 16.3 Å². The minimum Gasteiger partial charge on any atom is -0.334 e. The molecule has 0 unspecified atom stereocenters. The highest BCUT2D eigenvalue weighted by atomic mass is 32.2. The predicted octanol–water partition coefficient (Wildman–Crippen LogP) is 3.36. The third-order valence-electron chi connectivity index (χ3n) is 4.26. The van der Waals surface area contributed by atoms with Gasteiger partial charge in [-0.15, -0.1) is 0 Å². The van der Waals surface area contributed by atoms with Gasteiger partial charge in [-0.1, -0.05) is 31.0 Å². The number of rotatable bonds is 4. The first-order valence-electron chi connectivity index (χ1n) is 7.66. The van der Waals surface area contributed by atoms with Gasteiger partial charge in [0, 0.05) is 17.7 Å². The lowest BCUT2D eigenvalue weighted by Crippen LogP contribution is -2.02. The summed E-state index contributed by atoms with van der Waals surface area (Å²) < 4.78 is 29.2. The molecule has 6 heteroatoms. The third kappa shape index (κ3) is 2.92. The van der Waals surface area contributed by atoms with E-state index in [9.17, 15) is 8.42 Å². The quantitative estimate of drug-likeness (QED) is 0.863. The molecule has 1 fully saturated rings. The Hall–Kier alpha value is -1.69. The molecule has 1 heterocycles. The fourth-order valence-electron chi connectivity index (χ4n) is 3.03. The summed E-state index contributed by atoms with van der Waals surface area (Å²) in [7, 11) is -3.27. The molecule has 1 aliphatic rings. The van der Waals surface area contributed by atoms with Gasteiger partial charge in [0.05, 0.1) is 4.90 Å². The van der Waals surface area contributed by atoms with Crippen molar-refractivity contribution in [3.05, 3.63) is 29.6 Å². The molecule has 1 aromatic heterocycles. The number of aromatic nitrogens is 2. The molecule has 0 amide bonds. The van der Waals surface area contributed by atoms with Crippen molar-refractivity contribution < 1.29 is 12.9 Å². The van der Waals surface area contributed by atoms with Gasteiger partial charge in [0.1, 0.15) is 0 Å². The minimum absolute atomic E-state index is 0.341. The van der Waals surface area contributed by atoms with Gasteiger partial charge in [-0.25, -0.2) is 8.42 Å². The van der Waals surface area contributed by atoms with Gasteiger partial charge in [0.2, 0.25) is 0 Å². The number of hydrogen-bond donors (Lipinski definition) is 0. The molecule has 0 spiro atoms. The number of benzene rings is 1. The largest absolute Gasteiger partial charge is 0.334 e. The Morgan fingerprint density at radius 3 is 2.64 bits per heavy atom. The molecule has 1 aliphatic carbocycles. The van der Waals surface area contributed by atoms with Crippen LogP contribution in [0, 0.1) is 0 Å². The predicted molar refractivity (Wildman–Crippen MR) is 83.4 cm³/mol. The van der Waals surface area contributed by atoms with E-state index in [1.165, 1.54) is 19.1 Å². The average molecular weight is 320 g/mol. The average Bonchev–Trinajstić information content (AvgIpc) is 3.16. The summed E-state index contributed by atoms with van der Waals surface area (Å²) in [5.74, 6) is 1.52. The van der Waals surface area contributed by atoms with Gasteiger partial charge in [-0.2, -0.15) is 4.98 Å². The smallest absolute Gasteiger partial charge is 0.257 e. The molecule has 2 aromatic rings. The first-order chi connectivity index (χ1) is 10.5. The van der Waals surface area contributed by atoms with Crippen molar-refractivity contribution in [1.82, 2.24) is 10.1 Å². The SMILES string of the molecule is CCc1ccc(-c2nc(C3CCCC3)no2)cc1S(C)(=O)=O. The van der Waals surface area contributed by atoms with Crippen LogP contribution in [0.5, 0.6) is 0 Å². The highest BCUT2D eigenvalue weighted by molar-refractivity contribution is 7.90. The zero-order valence-electron chi connectivity index (χ0n) is 12.9. The first kappa shape index (κ1) is 15.2. The van der Waals surface area contributed by atoms with E-state index in [0.29, 0.717) is 28.7 Å². The summed E-state index contributed by atoms with van der Waals surface area (Å²) in [5, 5.41) is 4.07. The van der Waals surface area contributed by atoms with E-state index < -0.39 is 9.84 Å². The van der Waals surface area contributed by atoms with Gasteiger partial charge in [0.15, 0.2) is 15.7 Å². The maximum atomic E-state index is 11.9. The van der Waals surface area contributed by atoms with E-state index in [4.69, 9.17) is 4.52 Å². The molecule has 0 saturated heterocycles. The zero-order chi connectivity index (χ0) is 15.7. The maximum absolute atomic E-state index is 11.9. The van der Waals surface area contributed by atoms with Gasteiger partial charge < -0.3 is 4.52 Å². The second-order valence-electron chi connectivity index (χ2n) is 5.89. The summed E-state index contributed by atoms with van der Waals surface area (Å²) in [4.78, 5) is 4.81. The Morgan fingerprint density at radius 1 is 1.27 bits per heavy atom. The molecular formula is C16H20N2O3S. The zero-order valence-corrected chi connectivity index (χ0v) is 13.7. The Bertz CT molecular complexity index is 774. The van der Waals surface area contributed by atoms with Gasteiger partial charge in [-0.05, 0) is 37.0 Å². The standard InChI is InChI=1S/C16H20N2O3S/c1-3-11-8-9-13(10-14(11)22(2,19)20)16-17-15(18-21-16)12-6-4-5-7-12/h8-10,12H,3-7H2,1-2H3. The van der Waals surface area contributed by atoms with Crippen LogP contribution >= 0.6 is 0 Å². The van der Waals surface area contributed by atoms with Crippen molar-refractivity contribution in [2.75, 3.05) is 6.26 Å². The van der Waals surface area contributed by atoms with E-state index >= 15 is 0 Å². The van der Waals surface area contributed by atoms with E-state index in [-0.39, 0.29) is 0 Å². The molecule has 0 radical (unpaired) electrons. The van der Waals surface area contributed by atoms with Gasteiger partial charge in [-0.3, -0.25) is 0 Å². The van der Waals surface area contributed by atoms with Crippen molar-refractivity contribution in [3.63, 3.8) is 0 Å². The van der Waals surface area contributed by atoms with Crippen molar-refractivity contribution in [1.29, 1.82) is 0 Å². The third-order valence-corrected chi connectivity index (χ3v) is 5.44. The monoisotopic (exact) mass is 320 g/mol. The summed E-state index contributed by atoms with van der Waals surface area (Å²) >= 11 is 0. The van der Waals surface area contributed by atoms with Crippen molar-refractivity contribution in [2.45, 2.75) is 49.8 Å². The lowest BCUT2D eigenvalue weighted by atomic mass is 10.1. The molecule has 1 saturated carbocycles. The Labute approximate surface area is 130 Å². The fourth-order valence-corrected chi connectivity index (χ4v) is 4.06. The molecule has 1 aromatic carbocycles. The van der Waals surface area contributed by atoms with Crippen LogP contribution in [0.25, 0.3) is 11.5 Å². The number of sulfone groups is 1. The van der Waals surface area contributed by atoms with E-state index in [1.807, 2.05) is 19.1 Å². The molecule has 0 aliphatic heterocycles. The van der Waals surface area contributed by atoms with Crippen LogP contribution in [0.15, 0.2) is 27.6 Å². The van der Waals surface area contributed by atoms with Crippen LogP contribution < -0.4 is 0 Å². The number of hydrogen-bond acceptors (Lipinski definition) is 5.